The average molecular weight is 495 g/mol. The van der Waals surface area contributed by atoms with E-state index >= 15 is 0 Å². The first-order valence-electron chi connectivity index (χ1n) is 8.81. The Labute approximate surface area is 182 Å². The van der Waals surface area contributed by atoms with Crippen LogP contribution in [-0.2, 0) is 13.0 Å². The molecule has 0 saturated carbocycles. The summed E-state index contributed by atoms with van der Waals surface area (Å²) in [6, 6.07) is 12.6. The number of guanidine groups is 1. The molecule has 2 aromatic heterocycles. The molecule has 144 valence electrons. The quantitative estimate of drug-likeness (QED) is 0.297. The minimum absolute atomic E-state index is 0. The van der Waals surface area contributed by atoms with Gasteiger partial charge < -0.3 is 15.2 Å². The molecule has 3 aromatic rings. The van der Waals surface area contributed by atoms with Crippen LogP contribution >= 0.6 is 35.3 Å². The van der Waals surface area contributed by atoms with Crippen molar-refractivity contribution in [2.24, 2.45) is 4.99 Å². The number of aryl methyl sites for hydroxylation is 1. The Morgan fingerprint density at radius 3 is 2.52 bits per heavy atom. The monoisotopic (exact) mass is 495 g/mol. The molecule has 0 aliphatic heterocycles. The highest BCUT2D eigenvalue weighted by Gasteiger charge is 2.05. The number of rotatable bonds is 7. The number of halogens is 1. The normalized spacial score (nSPS) is 11.1. The molecule has 1 aromatic carbocycles. The van der Waals surface area contributed by atoms with Gasteiger partial charge >= 0.3 is 0 Å². The van der Waals surface area contributed by atoms with Crippen molar-refractivity contribution < 1.29 is 0 Å². The molecule has 0 bridgehead atoms. The summed E-state index contributed by atoms with van der Waals surface area (Å²) in [6.07, 6.45) is 5.00. The minimum atomic E-state index is 0. The topological polar surface area (TPSA) is 54.2 Å². The average Bonchev–Trinajstić information content (AvgIpc) is 3.33. The van der Waals surface area contributed by atoms with E-state index in [2.05, 4.69) is 69.2 Å². The van der Waals surface area contributed by atoms with E-state index in [1.54, 1.807) is 18.4 Å². The van der Waals surface area contributed by atoms with Gasteiger partial charge in [-0.1, -0.05) is 29.8 Å². The number of hydrogen-bond acceptors (Lipinski definition) is 3. The van der Waals surface area contributed by atoms with E-state index in [4.69, 9.17) is 4.98 Å². The molecule has 7 heteroatoms. The highest BCUT2D eigenvalue weighted by molar-refractivity contribution is 14.0. The molecule has 0 radical (unpaired) electrons. The smallest absolute Gasteiger partial charge is 0.191 e. The van der Waals surface area contributed by atoms with E-state index in [-0.39, 0.29) is 24.0 Å². The van der Waals surface area contributed by atoms with Crippen LogP contribution in [0.3, 0.4) is 0 Å². The lowest BCUT2D eigenvalue weighted by Gasteiger charge is -2.11. The first-order chi connectivity index (χ1) is 12.7. The molecule has 0 aliphatic rings. The summed E-state index contributed by atoms with van der Waals surface area (Å²) in [5.74, 6) is 0.825. The second kappa shape index (κ2) is 11.1. The van der Waals surface area contributed by atoms with Crippen LogP contribution in [0.25, 0.3) is 10.6 Å². The fraction of sp³-hybridized carbons (Fsp3) is 0.300. The highest BCUT2D eigenvalue weighted by atomic mass is 127. The summed E-state index contributed by atoms with van der Waals surface area (Å²) < 4.78 is 2.14. The van der Waals surface area contributed by atoms with Crippen molar-refractivity contribution in [2.45, 2.75) is 19.9 Å². The molecular formula is C20H26IN5S. The predicted molar refractivity (Wildman–Crippen MR) is 125 cm³/mol. The molecule has 27 heavy (non-hydrogen) atoms. The first kappa shape index (κ1) is 21.4. The lowest BCUT2D eigenvalue weighted by Crippen LogP contribution is -2.39. The Morgan fingerprint density at radius 2 is 1.81 bits per heavy atom. The molecule has 2 heterocycles. The fourth-order valence-corrected chi connectivity index (χ4v) is 3.46. The van der Waals surface area contributed by atoms with Crippen molar-refractivity contribution in [1.29, 1.82) is 0 Å². The van der Waals surface area contributed by atoms with Crippen LogP contribution < -0.4 is 10.6 Å². The number of hydrogen-bond donors (Lipinski definition) is 2. The van der Waals surface area contributed by atoms with E-state index in [9.17, 15) is 0 Å². The zero-order valence-electron chi connectivity index (χ0n) is 15.7. The summed E-state index contributed by atoms with van der Waals surface area (Å²) in [6.45, 7) is 4.66. The lowest BCUT2D eigenvalue weighted by atomic mass is 10.2. The number of thiazole rings is 1. The Hall–Kier alpha value is -1.87. The van der Waals surface area contributed by atoms with Crippen LogP contribution in [-0.4, -0.2) is 35.6 Å². The van der Waals surface area contributed by atoms with Gasteiger partial charge in [0.2, 0.25) is 0 Å². The summed E-state index contributed by atoms with van der Waals surface area (Å²) in [5.41, 5.74) is 3.56. The Morgan fingerprint density at radius 1 is 1.11 bits per heavy atom. The lowest BCUT2D eigenvalue weighted by molar-refractivity contribution is 0.664. The first-order valence-corrected chi connectivity index (χ1v) is 9.69. The van der Waals surface area contributed by atoms with E-state index in [0.29, 0.717) is 0 Å². The van der Waals surface area contributed by atoms with Crippen LogP contribution in [0.2, 0.25) is 0 Å². The Bertz CT molecular complexity index is 824. The molecule has 3 rings (SSSR count). The van der Waals surface area contributed by atoms with Crippen molar-refractivity contribution in [2.75, 3.05) is 20.1 Å². The van der Waals surface area contributed by atoms with Crippen LogP contribution in [0, 0.1) is 6.92 Å². The molecule has 0 fully saturated rings. The molecule has 0 spiro atoms. The van der Waals surface area contributed by atoms with Gasteiger partial charge in [0.25, 0.3) is 0 Å². The van der Waals surface area contributed by atoms with Gasteiger partial charge in [0.05, 0.1) is 5.69 Å². The van der Waals surface area contributed by atoms with Gasteiger partial charge in [-0.05, 0) is 19.1 Å². The van der Waals surface area contributed by atoms with Crippen molar-refractivity contribution in [3.05, 3.63) is 65.4 Å². The van der Waals surface area contributed by atoms with Gasteiger partial charge in [-0.3, -0.25) is 4.99 Å². The molecule has 2 N–H and O–H groups in total. The third-order valence-corrected chi connectivity index (χ3v) is 5.02. The molecule has 0 atom stereocenters. The standard InChI is InChI=1S/C20H25N5S.HI/c1-16-5-7-17(8-6-16)19-24-18(15-26-19)9-10-22-20(21-2)23-11-14-25-12-3-4-13-25;/h3-8,12-13,15H,9-11,14H2,1-2H3,(H2,21,22,23);1H. The van der Waals surface area contributed by atoms with E-state index in [1.165, 1.54) is 11.1 Å². The van der Waals surface area contributed by atoms with Crippen LogP contribution in [0.1, 0.15) is 11.3 Å². The SMILES string of the molecule is CN=C(NCCc1csc(-c2ccc(C)cc2)n1)NCCn1cccc1.I. The molecule has 0 unspecified atom stereocenters. The largest absolute Gasteiger partial charge is 0.356 e. The maximum Gasteiger partial charge on any atom is 0.191 e. The minimum Gasteiger partial charge on any atom is -0.356 e. The van der Waals surface area contributed by atoms with E-state index in [1.807, 2.05) is 12.1 Å². The maximum atomic E-state index is 4.74. The van der Waals surface area contributed by atoms with Crippen molar-refractivity contribution >= 4 is 41.3 Å². The number of aliphatic imine (C=N–C) groups is 1. The van der Waals surface area contributed by atoms with Crippen molar-refractivity contribution in [3.8, 4) is 10.6 Å². The van der Waals surface area contributed by atoms with Gasteiger partial charge in [0, 0.05) is 56.4 Å². The summed E-state index contributed by atoms with van der Waals surface area (Å²) in [5, 5.41) is 9.90. The zero-order chi connectivity index (χ0) is 18.2. The maximum absolute atomic E-state index is 4.74. The van der Waals surface area contributed by atoms with Crippen LogP contribution in [0.5, 0.6) is 0 Å². The van der Waals surface area contributed by atoms with E-state index < -0.39 is 0 Å². The fourth-order valence-electron chi connectivity index (χ4n) is 2.60. The van der Waals surface area contributed by atoms with Crippen molar-refractivity contribution in [3.63, 3.8) is 0 Å². The second-order valence-electron chi connectivity index (χ2n) is 6.11. The Kier molecular flexibility index (Phi) is 8.80. The van der Waals surface area contributed by atoms with Gasteiger partial charge in [-0.2, -0.15) is 0 Å². The van der Waals surface area contributed by atoms with Gasteiger partial charge in [-0.15, -0.1) is 35.3 Å². The number of benzene rings is 1. The third-order valence-electron chi connectivity index (χ3n) is 4.08. The predicted octanol–water partition coefficient (Wildman–Crippen LogP) is 3.95. The molecule has 0 aliphatic carbocycles. The van der Waals surface area contributed by atoms with Gasteiger partial charge in [0.1, 0.15) is 5.01 Å². The second-order valence-corrected chi connectivity index (χ2v) is 6.96. The van der Waals surface area contributed by atoms with Gasteiger partial charge in [0.15, 0.2) is 5.96 Å². The van der Waals surface area contributed by atoms with Crippen LogP contribution in [0.15, 0.2) is 59.2 Å². The summed E-state index contributed by atoms with van der Waals surface area (Å²) >= 11 is 1.70. The number of nitrogens with one attached hydrogen (secondary N) is 2. The summed E-state index contributed by atoms with van der Waals surface area (Å²) in [4.78, 5) is 9.01. The zero-order valence-corrected chi connectivity index (χ0v) is 18.8. The molecular weight excluding hydrogens is 469 g/mol. The van der Waals surface area contributed by atoms with Gasteiger partial charge in [-0.25, -0.2) is 4.98 Å². The van der Waals surface area contributed by atoms with Crippen molar-refractivity contribution in [1.82, 2.24) is 20.2 Å². The van der Waals surface area contributed by atoms with Crippen LogP contribution in [0.4, 0.5) is 0 Å². The third kappa shape index (κ3) is 6.66. The molecule has 0 amide bonds. The molecule has 0 saturated heterocycles. The summed E-state index contributed by atoms with van der Waals surface area (Å²) in [7, 11) is 1.79. The highest BCUT2D eigenvalue weighted by Crippen LogP contribution is 2.24. The Balaban J connectivity index is 0.00000261. The molecule has 5 nitrogen and oxygen atoms in total. The number of aromatic nitrogens is 2. The van der Waals surface area contributed by atoms with E-state index in [0.717, 1.165) is 42.7 Å². The number of nitrogens with zero attached hydrogens (tertiary/aromatic N) is 3.